The van der Waals surface area contributed by atoms with Crippen LogP contribution in [-0.4, -0.2) is 31.8 Å². The minimum Gasteiger partial charge on any atom is -0.490 e. The number of carbonyl (C=O) groups excluding carboxylic acids is 2. The smallest absolute Gasteiger partial charge is 0.407 e. The van der Waals surface area contributed by atoms with Crippen molar-refractivity contribution in [2.24, 2.45) is 11.8 Å². The fraction of sp³-hybridized carbons (Fsp3) is 0.481. The van der Waals surface area contributed by atoms with Gasteiger partial charge in [-0.3, -0.25) is 4.79 Å². The highest BCUT2D eigenvalue weighted by atomic mass is 16.5. The molecule has 1 fully saturated rings. The van der Waals surface area contributed by atoms with Crippen molar-refractivity contribution in [3.63, 3.8) is 0 Å². The summed E-state index contributed by atoms with van der Waals surface area (Å²) in [6, 6.07) is 17.6. The van der Waals surface area contributed by atoms with Crippen LogP contribution in [0.3, 0.4) is 0 Å². The Balaban J connectivity index is 1.38. The zero-order valence-corrected chi connectivity index (χ0v) is 19.6. The fourth-order valence-corrected chi connectivity index (χ4v) is 3.95. The third-order valence-corrected chi connectivity index (χ3v) is 5.98. The Labute approximate surface area is 196 Å². The normalized spacial score (nSPS) is 14.7. The van der Waals surface area contributed by atoms with Crippen LogP contribution in [0.4, 0.5) is 4.79 Å². The second-order valence-corrected chi connectivity index (χ2v) is 8.67. The van der Waals surface area contributed by atoms with E-state index in [-0.39, 0.29) is 24.6 Å². The van der Waals surface area contributed by atoms with Crippen molar-refractivity contribution in [3.05, 3.63) is 65.7 Å². The molecule has 1 aliphatic carbocycles. The minimum atomic E-state index is -0.409. The molecule has 1 saturated carbocycles. The first-order valence-electron chi connectivity index (χ1n) is 11.8. The molecule has 3 rings (SSSR count). The Kier molecular flexibility index (Phi) is 9.60. The van der Waals surface area contributed by atoms with E-state index in [9.17, 15) is 9.59 Å². The highest BCUT2D eigenvalue weighted by molar-refractivity contribution is 5.73. The molecule has 178 valence electrons. The molecule has 0 radical (unpaired) electrons. The van der Waals surface area contributed by atoms with E-state index >= 15 is 0 Å². The van der Waals surface area contributed by atoms with Crippen molar-refractivity contribution in [1.82, 2.24) is 5.32 Å². The molecule has 2 atom stereocenters. The predicted molar refractivity (Wildman–Crippen MR) is 127 cm³/mol. The van der Waals surface area contributed by atoms with E-state index in [4.69, 9.17) is 14.2 Å². The van der Waals surface area contributed by atoms with Gasteiger partial charge in [-0.25, -0.2) is 4.79 Å². The number of hydrogen-bond acceptors (Lipinski definition) is 5. The molecule has 6 nitrogen and oxygen atoms in total. The summed E-state index contributed by atoms with van der Waals surface area (Å²) < 4.78 is 16.4. The van der Waals surface area contributed by atoms with E-state index in [1.165, 1.54) is 7.11 Å². The third-order valence-electron chi connectivity index (χ3n) is 5.98. The molecule has 0 unspecified atom stereocenters. The van der Waals surface area contributed by atoms with Crippen molar-refractivity contribution in [2.45, 2.75) is 58.2 Å². The molecular weight excluding hydrogens is 418 g/mol. The minimum absolute atomic E-state index is 0.00291. The van der Waals surface area contributed by atoms with Crippen LogP contribution in [0, 0.1) is 11.8 Å². The van der Waals surface area contributed by atoms with Crippen molar-refractivity contribution in [1.29, 1.82) is 0 Å². The average molecular weight is 454 g/mol. The molecule has 1 N–H and O–H groups in total. The Bertz CT molecular complexity index is 881. The first-order chi connectivity index (χ1) is 16.1. The van der Waals surface area contributed by atoms with Crippen molar-refractivity contribution >= 4 is 12.1 Å². The van der Waals surface area contributed by atoms with Crippen molar-refractivity contribution in [3.8, 4) is 5.75 Å². The number of ether oxygens (including phenoxy) is 3. The van der Waals surface area contributed by atoms with E-state index in [0.717, 1.165) is 55.4 Å². The molecule has 0 bridgehead atoms. The molecule has 6 heteroatoms. The molecule has 0 spiro atoms. The standard InChI is InChI=1S/C27H35NO5/c1-20(14-17-24(22-15-16-22)26(29)31-2)33-25-13-7-6-11-23(25)12-8-18-28-27(30)32-19-21-9-4-3-5-10-21/h3-7,9-11,13,20,22,24H,8,12,14-19H2,1-2H3,(H,28,30)/t20-,24+/m1/s1. The lowest BCUT2D eigenvalue weighted by Crippen LogP contribution is -2.25. The van der Waals surface area contributed by atoms with Crippen LogP contribution < -0.4 is 10.1 Å². The van der Waals surface area contributed by atoms with Crippen LogP contribution in [0.2, 0.25) is 0 Å². The molecule has 0 aromatic heterocycles. The lowest BCUT2D eigenvalue weighted by atomic mass is 9.96. The van der Waals surface area contributed by atoms with Crippen LogP contribution in [0.5, 0.6) is 5.75 Å². The number of para-hydroxylation sites is 1. The summed E-state index contributed by atoms with van der Waals surface area (Å²) in [4.78, 5) is 23.9. The number of esters is 1. The van der Waals surface area contributed by atoms with Crippen LogP contribution >= 0.6 is 0 Å². The van der Waals surface area contributed by atoms with Crippen molar-refractivity contribution < 1.29 is 23.8 Å². The fourth-order valence-electron chi connectivity index (χ4n) is 3.95. The summed E-state index contributed by atoms with van der Waals surface area (Å²) in [7, 11) is 1.46. The molecule has 1 amide bonds. The summed E-state index contributed by atoms with van der Waals surface area (Å²) in [5.41, 5.74) is 2.07. The highest BCUT2D eigenvalue weighted by Gasteiger charge is 2.36. The van der Waals surface area contributed by atoms with Gasteiger partial charge in [0.1, 0.15) is 12.4 Å². The topological polar surface area (TPSA) is 73.9 Å². The third kappa shape index (κ3) is 8.44. The van der Waals surface area contributed by atoms with Gasteiger partial charge in [0.25, 0.3) is 0 Å². The van der Waals surface area contributed by atoms with E-state index in [1.807, 2.05) is 55.5 Å². The van der Waals surface area contributed by atoms with Gasteiger partial charge in [-0.1, -0.05) is 48.5 Å². The number of benzene rings is 2. The number of hydrogen-bond donors (Lipinski definition) is 1. The summed E-state index contributed by atoms with van der Waals surface area (Å²) in [6.07, 6.45) is 4.98. The SMILES string of the molecule is COC(=O)[C@@H](CC[C@@H](C)Oc1ccccc1CCCNC(=O)OCc1ccccc1)C1CC1. The molecule has 0 heterocycles. The summed E-state index contributed by atoms with van der Waals surface area (Å²) in [5.74, 6) is 1.23. The van der Waals surface area contributed by atoms with Crippen LogP contribution in [-0.2, 0) is 27.3 Å². The number of alkyl carbamates (subject to hydrolysis) is 1. The second kappa shape index (κ2) is 12.9. The van der Waals surface area contributed by atoms with Crippen molar-refractivity contribution in [2.75, 3.05) is 13.7 Å². The number of carbonyl (C=O) groups is 2. The Morgan fingerprint density at radius 1 is 1.03 bits per heavy atom. The van der Waals surface area contributed by atoms with Gasteiger partial charge in [-0.2, -0.15) is 0 Å². The van der Waals surface area contributed by atoms with Gasteiger partial charge in [-0.15, -0.1) is 0 Å². The molecule has 33 heavy (non-hydrogen) atoms. The van der Waals surface area contributed by atoms with Gasteiger partial charge in [0, 0.05) is 6.54 Å². The summed E-state index contributed by atoms with van der Waals surface area (Å²) in [5, 5.41) is 2.80. The van der Waals surface area contributed by atoms with E-state index in [1.54, 1.807) is 0 Å². The maximum absolute atomic E-state index is 12.0. The van der Waals surface area contributed by atoms with Gasteiger partial charge >= 0.3 is 12.1 Å². The lowest BCUT2D eigenvalue weighted by Gasteiger charge is -2.20. The number of methoxy groups -OCH3 is 1. The Hall–Kier alpha value is -3.02. The maximum Gasteiger partial charge on any atom is 0.407 e. The summed E-state index contributed by atoms with van der Waals surface area (Å²) in [6.45, 7) is 2.83. The van der Waals surface area contributed by atoms with E-state index in [2.05, 4.69) is 11.4 Å². The first kappa shape index (κ1) is 24.6. The number of amides is 1. The molecule has 0 aliphatic heterocycles. The average Bonchev–Trinajstić information content (AvgIpc) is 3.67. The molecule has 0 saturated heterocycles. The van der Waals surface area contributed by atoms with Gasteiger partial charge in [-0.05, 0) is 68.6 Å². The zero-order valence-electron chi connectivity index (χ0n) is 19.6. The molecule has 2 aromatic carbocycles. The first-order valence-corrected chi connectivity index (χ1v) is 11.8. The zero-order chi connectivity index (χ0) is 23.5. The van der Waals surface area contributed by atoms with Crippen LogP contribution in [0.15, 0.2) is 54.6 Å². The highest BCUT2D eigenvalue weighted by Crippen LogP contribution is 2.40. The van der Waals surface area contributed by atoms with Gasteiger partial charge in [0.2, 0.25) is 0 Å². The lowest BCUT2D eigenvalue weighted by molar-refractivity contribution is -0.146. The quantitative estimate of drug-likeness (QED) is 0.329. The summed E-state index contributed by atoms with van der Waals surface area (Å²) >= 11 is 0. The number of nitrogens with one attached hydrogen (secondary N) is 1. The molecule has 1 aliphatic rings. The number of rotatable bonds is 13. The van der Waals surface area contributed by atoms with Crippen LogP contribution in [0.1, 0.15) is 50.2 Å². The molecular formula is C27H35NO5. The molecule has 2 aromatic rings. The van der Waals surface area contributed by atoms with E-state index < -0.39 is 6.09 Å². The largest absolute Gasteiger partial charge is 0.490 e. The predicted octanol–water partition coefficient (Wildman–Crippen LogP) is 5.29. The number of aryl methyl sites for hydroxylation is 1. The van der Waals surface area contributed by atoms with E-state index in [0.29, 0.717) is 12.5 Å². The van der Waals surface area contributed by atoms with Crippen LogP contribution in [0.25, 0.3) is 0 Å². The van der Waals surface area contributed by atoms with Gasteiger partial charge < -0.3 is 19.5 Å². The Morgan fingerprint density at radius 2 is 1.76 bits per heavy atom. The Morgan fingerprint density at radius 3 is 2.48 bits per heavy atom. The second-order valence-electron chi connectivity index (χ2n) is 8.67. The maximum atomic E-state index is 12.0. The monoisotopic (exact) mass is 453 g/mol. The van der Waals surface area contributed by atoms with Gasteiger partial charge in [0.15, 0.2) is 0 Å². The van der Waals surface area contributed by atoms with Gasteiger partial charge in [0.05, 0.1) is 19.1 Å².